The van der Waals surface area contributed by atoms with E-state index >= 15 is 0 Å². The van der Waals surface area contributed by atoms with Gasteiger partial charge in [-0.2, -0.15) is 0 Å². The molecule has 0 aliphatic carbocycles. The van der Waals surface area contributed by atoms with Crippen LogP contribution >= 0.6 is 11.6 Å². The van der Waals surface area contributed by atoms with Gasteiger partial charge in [0, 0.05) is 28.2 Å². The molecule has 132 valence electrons. The summed E-state index contributed by atoms with van der Waals surface area (Å²) in [5.74, 6) is -0.403. The molecule has 3 rings (SSSR count). The highest BCUT2D eigenvalue weighted by molar-refractivity contribution is 6.31. The fourth-order valence-electron chi connectivity index (χ4n) is 2.64. The normalized spacial score (nSPS) is 10.6. The maximum Gasteiger partial charge on any atom is 0.257 e. The maximum atomic E-state index is 12.6. The Kier molecular flexibility index (Phi) is 5.19. The first-order chi connectivity index (χ1) is 12.5. The molecule has 26 heavy (non-hydrogen) atoms. The first-order valence-electron chi connectivity index (χ1n) is 8.24. The third-order valence-corrected chi connectivity index (χ3v) is 4.19. The molecule has 2 N–H and O–H groups in total. The van der Waals surface area contributed by atoms with E-state index in [1.807, 2.05) is 13.0 Å². The number of benzene rings is 2. The standard InChI is InChI=1S/C20H18ClN3O2/c1-3-22-19(25)13-4-7-16(8-5-13)24-20(26)17-11-14-10-15(21)6-9-18(14)23-12(17)2/h4-11H,3H2,1-2H3,(H,22,25)(H,24,26). The van der Waals surface area contributed by atoms with Crippen LogP contribution in [0.25, 0.3) is 10.9 Å². The maximum absolute atomic E-state index is 12.6. The molecule has 0 radical (unpaired) electrons. The van der Waals surface area contributed by atoms with Crippen molar-refractivity contribution < 1.29 is 9.59 Å². The van der Waals surface area contributed by atoms with Crippen molar-refractivity contribution in [1.29, 1.82) is 0 Å². The Morgan fingerprint density at radius 2 is 1.77 bits per heavy atom. The molecular formula is C20H18ClN3O2. The van der Waals surface area contributed by atoms with Gasteiger partial charge >= 0.3 is 0 Å². The number of nitrogens with zero attached hydrogens (tertiary/aromatic N) is 1. The van der Waals surface area contributed by atoms with Crippen LogP contribution in [-0.2, 0) is 0 Å². The monoisotopic (exact) mass is 367 g/mol. The number of rotatable bonds is 4. The van der Waals surface area contributed by atoms with Crippen molar-refractivity contribution in [2.45, 2.75) is 13.8 Å². The highest BCUT2D eigenvalue weighted by Gasteiger charge is 2.13. The number of nitrogens with one attached hydrogen (secondary N) is 2. The topological polar surface area (TPSA) is 71.1 Å². The summed E-state index contributed by atoms with van der Waals surface area (Å²) in [6.07, 6.45) is 0. The van der Waals surface area contributed by atoms with Gasteiger partial charge in [-0.15, -0.1) is 0 Å². The van der Waals surface area contributed by atoms with Gasteiger partial charge in [-0.3, -0.25) is 14.6 Å². The fourth-order valence-corrected chi connectivity index (χ4v) is 2.82. The highest BCUT2D eigenvalue weighted by atomic mass is 35.5. The second-order valence-electron chi connectivity index (χ2n) is 5.85. The van der Waals surface area contributed by atoms with Crippen LogP contribution in [0.2, 0.25) is 5.02 Å². The Hall–Kier alpha value is -2.92. The van der Waals surface area contributed by atoms with Gasteiger partial charge in [0.1, 0.15) is 0 Å². The predicted octanol–water partition coefficient (Wildman–Crippen LogP) is 4.20. The van der Waals surface area contributed by atoms with Gasteiger partial charge in [-0.25, -0.2) is 0 Å². The molecule has 0 unspecified atom stereocenters. The smallest absolute Gasteiger partial charge is 0.257 e. The van der Waals surface area contributed by atoms with E-state index in [4.69, 9.17) is 11.6 Å². The lowest BCUT2D eigenvalue weighted by Gasteiger charge is -2.10. The molecule has 1 aromatic heterocycles. The number of hydrogen-bond acceptors (Lipinski definition) is 3. The van der Waals surface area contributed by atoms with Gasteiger partial charge in [0.25, 0.3) is 11.8 Å². The largest absolute Gasteiger partial charge is 0.352 e. The van der Waals surface area contributed by atoms with E-state index in [1.54, 1.807) is 49.4 Å². The number of aromatic nitrogens is 1. The van der Waals surface area contributed by atoms with Crippen molar-refractivity contribution in [3.63, 3.8) is 0 Å². The second-order valence-corrected chi connectivity index (χ2v) is 6.29. The van der Waals surface area contributed by atoms with Crippen LogP contribution < -0.4 is 10.6 Å². The Balaban J connectivity index is 1.82. The van der Waals surface area contributed by atoms with E-state index in [2.05, 4.69) is 15.6 Å². The van der Waals surface area contributed by atoms with Crippen molar-refractivity contribution in [3.05, 3.63) is 70.4 Å². The van der Waals surface area contributed by atoms with Crippen LogP contribution in [-0.4, -0.2) is 23.3 Å². The first kappa shape index (κ1) is 17.9. The van der Waals surface area contributed by atoms with Crippen molar-refractivity contribution in [2.75, 3.05) is 11.9 Å². The van der Waals surface area contributed by atoms with Crippen molar-refractivity contribution >= 4 is 40.0 Å². The molecule has 2 aromatic carbocycles. The molecule has 0 fully saturated rings. The Labute approximate surface area is 156 Å². The number of amides is 2. The number of anilines is 1. The molecule has 0 saturated heterocycles. The molecular weight excluding hydrogens is 350 g/mol. The Morgan fingerprint density at radius 3 is 2.46 bits per heavy atom. The van der Waals surface area contributed by atoms with Gasteiger partial charge in [0.15, 0.2) is 0 Å². The minimum absolute atomic E-state index is 0.142. The van der Waals surface area contributed by atoms with Crippen LogP contribution in [0.3, 0.4) is 0 Å². The van der Waals surface area contributed by atoms with E-state index in [0.29, 0.717) is 34.1 Å². The van der Waals surface area contributed by atoms with E-state index in [0.717, 1.165) is 10.9 Å². The summed E-state index contributed by atoms with van der Waals surface area (Å²) in [7, 11) is 0. The minimum Gasteiger partial charge on any atom is -0.352 e. The van der Waals surface area contributed by atoms with Crippen molar-refractivity contribution in [1.82, 2.24) is 10.3 Å². The lowest BCUT2D eigenvalue weighted by atomic mass is 10.1. The van der Waals surface area contributed by atoms with Gasteiger partial charge < -0.3 is 10.6 Å². The molecule has 5 nitrogen and oxygen atoms in total. The number of hydrogen-bond donors (Lipinski definition) is 2. The second kappa shape index (κ2) is 7.54. The van der Waals surface area contributed by atoms with Crippen molar-refractivity contribution in [3.8, 4) is 0 Å². The van der Waals surface area contributed by atoms with Crippen LogP contribution in [0.5, 0.6) is 0 Å². The molecule has 2 amide bonds. The van der Waals surface area contributed by atoms with Gasteiger partial charge in [0.05, 0.1) is 16.8 Å². The quantitative estimate of drug-likeness (QED) is 0.726. The number of fused-ring (bicyclic) bond motifs is 1. The molecule has 1 heterocycles. The SMILES string of the molecule is CCNC(=O)c1ccc(NC(=O)c2cc3cc(Cl)ccc3nc2C)cc1. The summed E-state index contributed by atoms with van der Waals surface area (Å²) in [4.78, 5) is 28.9. The average molecular weight is 368 g/mol. The van der Waals surface area contributed by atoms with E-state index in [9.17, 15) is 9.59 Å². The molecule has 3 aromatic rings. The van der Waals surface area contributed by atoms with Crippen molar-refractivity contribution in [2.24, 2.45) is 0 Å². The third kappa shape index (κ3) is 3.83. The predicted molar refractivity (Wildman–Crippen MR) is 104 cm³/mol. The van der Waals surface area contributed by atoms with Crippen LogP contribution in [0.15, 0.2) is 48.5 Å². The summed E-state index contributed by atoms with van der Waals surface area (Å²) in [6.45, 7) is 4.22. The third-order valence-electron chi connectivity index (χ3n) is 3.95. The van der Waals surface area contributed by atoms with E-state index in [1.165, 1.54) is 0 Å². The highest BCUT2D eigenvalue weighted by Crippen LogP contribution is 2.21. The number of halogens is 1. The molecule has 0 aliphatic heterocycles. The first-order valence-corrected chi connectivity index (χ1v) is 8.62. The summed E-state index contributed by atoms with van der Waals surface area (Å²) < 4.78 is 0. The zero-order chi connectivity index (χ0) is 18.7. The minimum atomic E-state index is -0.261. The molecule has 6 heteroatoms. The Bertz CT molecular complexity index is 984. The van der Waals surface area contributed by atoms with Crippen LogP contribution in [0.4, 0.5) is 5.69 Å². The zero-order valence-corrected chi connectivity index (χ0v) is 15.2. The summed E-state index contributed by atoms with van der Waals surface area (Å²) in [6, 6.07) is 13.9. The molecule has 0 saturated carbocycles. The average Bonchev–Trinajstić information content (AvgIpc) is 2.62. The number of carbonyl (C=O) groups excluding carboxylic acids is 2. The lowest BCUT2D eigenvalue weighted by Crippen LogP contribution is -2.22. The van der Waals surface area contributed by atoms with E-state index < -0.39 is 0 Å². The van der Waals surface area contributed by atoms with Gasteiger partial charge in [-0.05, 0) is 62.4 Å². The summed E-state index contributed by atoms with van der Waals surface area (Å²) in [5.41, 5.74) is 3.05. The molecule has 0 atom stereocenters. The summed E-state index contributed by atoms with van der Waals surface area (Å²) in [5, 5.41) is 6.96. The number of carbonyl (C=O) groups is 2. The zero-order valence-electron chi connectivity index (χ0n) is 14.5. The molecule has 0 bridgehead atoms. The number of pyridine rings is 1. The summed E-state index contributed by atoms with van der Waals surface area (Å²) >= 11 is 6.02. The lowest BCUT2D eigenvalue weighted by molar-refractivity contribution is 0.0955. The van der Waals surface area contributed by atoms with Crippen LogP contribution in [0.1, 0.15) is 33.3 Å². The van der Waals surface area contributed by atoms with Crippen LogP contribution in [0, 0.1) is 6.92 Å². The van der Waals surface area contributed by atoms with Gasteiger partial charge in [-0.1, -0.05) is 11.6 Å². The molecule has 0 aliphatic rings. The number of aryl methyl sites for hydroxylation is 1. The molecule has 0 spiro atoms. The fraction of sp³-hybridized carbons (Fsp3) is 0.150. The van der Waals surface area contributed by atoms with Gasteiger partial charge in [0.2, 0.25) is 0 Å². The van der Waals surface area contributed by atoms with E-state index in [-0.39, 0.29) is 11.8 Å². The Morgan fingerprint density at radius 1 is 1.04 bits per heavy atom.